The summed E-state index contributed by atoms with van der Waals surface area (Å²) in [5.74, 6) is 3.12. The van der Waals surface area contributed by atoms with E-state index in [-0.39, 0.29) is 35.8 Å². The lowest BCUT2D eigenvalue weighted by molar-refractivity contribution is 0.337. The monoisotopic (exact) mass is 421 g/mol. The fourth-order valence-electron chi connectivity index (χ4n) is 2.81. The average Bonchev–Trinajstić information content (AvgIpc) is 2.44. The summed E-state index contributed by atoms with van der Waals surface area (Å²) >= 11 is 1.96. The number of guanidine groups is 1. The van der Waals surface area contributed by atoms with Crippen molar-refractivity contribution in [3.8, 4) is 0 Å². The zero-order valence-corrected chi connectivity index (χ0v) is 15.0. The van der Waals surface area contributed by atoms with E-state index in [2.05, 4.69) is 9.89 Å². The van der Waals surface area contributed by atoms with Crippen LogP contribution in [0.1, 0.15) is 24.3 Å². The van der Waals surface area contributed by atoms with Crippen molar-refractivity contribution in [2.75, 3.05) is 24.6 Å². The van der Waals surface area contributed by atoms with Crippen molar-refractivity contribution in [1.82, 2.24) is 4.90 Å². The van der Waals surface area contributed by atoms with E-state index in [4.69, 9.17) is 5.73 Å². The van der Waals surface area contributed by atoms with Crippen molar-refractivity contribution in [3.05, 3.63) is 35.6 Å². The Bertz CT molecular complexity index is 499. The third-order valence-corrected chi connectivity index (χ3v) is 5.05. The Hall–Kier alpha value is -0.500. The maximum Gasteiger partial charge on any atom is 0.191 e. The molecule has 1 aliphatic heterocycles. The molecule has 0 radical (unpaired) electrons. The largest absolute Gasteiger partial charge is 0.370 e. The molecule has 0 unspecified atom stereocenters. The Morgan fingerprint density at radius 1 is 1.24 bits per heavy atom. The van der Waals surface area contributed by atoms with E-state index < -0.39 is 0 Å². The van der Waals surface area contributed by atoms with E-state index in [0.29, 0.717) is 11.9 Å². The van der Waals surface area contributed by atoms with Crippen LogP contribution >= 0.6 is 35.7 Å². The van der Waals surface area contributed by atoms with Crippen molar-refractivity contribution in [1.29, 1.82) is 0 Å². The minimum Gasteiger partial charge on any atom is -0.370 e. The third kappa shape index (κ3) is 4.03. The molecule has 6 heteroatoms. The highest BCUT2D eigenvalue weighted by atomic mass is 127. The van der Waals surface area contributed by atoms with Gasteiger partial charge < -0.3 is 10.6 Å². The predicted molar refractivity (Wildman–Crippen MR) is 98.1 cm³/mol. The van der Waals surface area contributed by atoms with Gasteiger partial charge in [-0.15, -0.1) is 24.0 Å². The standard InChI is InChI=1S/C15H20FN3S.HI/c16-14-4-2-1-3-13(14)11-9-12(10-11)18-15(17)19-5-7-20-8-6-19;/h1-4,11-12H,5-10H2,(H2,17,18);1H. The van der Waals surface area contributed by atoms with Gasteiger partial charge in [-0.3, -0.25) is 0 Å². The quantitative estimate of drug-likeness (QED) is 0.454. The summed E-state index contributed by atoms with van der Waals surface area (Å²) in [7, 11) is 0. The maximum absolute atomic E-state index is 13.7. The van der Waals surface area contributed by atoms with Crippen molar-refractivity contribution < 1.29 is 4.39 Å². The number of benzene rings is 1. The molecule has 3 nitrogen and oxygen atoms in total. The molecule has 1 aliphatic carbocycles. The summed E-state index contributed by atoms with van der Waals surface area (Å²) in [5.41, 5.74) is 6.89. The van der Waals surface area contributed by atoms with Gasteiger partial charge in [-0.05, 0) is 30.4 Å². The molecule has 1 saturated carbocycles. The Morgan fingerprint density at radius 3 is 2.57 bits per heavy atom. The Morgan fingerprint density at radius 2 is 1.90 bits per heavy atom. The number of halogens is 2. The second-order valence-electron chi connectivity index (χ2n) is 5.43. The molecule has 0 atom stereocenters. The molecule has 0 aromatic heterocycles. The lowest BCUT2D eigenvalue weighted by Crippen LogP contribution is -2.44. The summed E-state index contributed by atoms with van der Waals surface area (Å²) in [6.07, 6.45) is 1.81. The molecule has 116 valence electrons. The summed E-state index contributed by atoms with van der Waals surface area (Å²) in [4.78, 5) is 6.76. The minimum absolute atomic E-state index is 0. The zero-order chi connectivity index (χ0) is 13.9. The fraction of sp³-hybridized carbons (Fsp3) is 0.533. The number of nitrogens with two attached hydrogens (primary N) is 1. The average molecular weight is 421 g/mol. The van der Waals surface area contributed by atoms with Crippen LogP contribution < -0.4 is 5.73 Å². The summed E-state index contributed by atoms with van der Waals surface area (Å²) in [6.45, 7) is 1.98. The summed E-state index contributed by atoms with van der Waals surface area (Å²) in [5, 5.41) is 0. The summed E-state index contributed by atoms with van der Waals surface area (Å²) < 4.78 is 13.7. The van der Waals surface area contributed by atoms with Crippen LogP contribution in [0.4, 0.5) is 4.39 Å². The third-order valence-electron chi connectivity index (χ3n) is 4.11. The number of hydrogen-bond donors (Lipinski definition) is 1. The van der Waals surface area contributed by atoms with Gasteiger partial charge in [0.15, 0.2) is 5.96 Å². The van der Waals surface area contributed by atoms with Crippen LogP contribution in [0.5, 0.6) is 0 Å². The molecular formula is C15H21FIN3S. The second-order valence-corrected chi connectivity index (χ2v) is 6.66. The second kappa shape index (κ2) is 7.67. The molecule has 0 amide bonds. The van der Waals surface area contributed by atoms with Crippen molar-refractivity contribution in [2.24, 2.45) is 10.7 Å². The predicted octanol–water partition coefficient (Wildman–Crippen LogP) is 3.05. The van der Waals surface area contributed by atoms with Crippen molar-refractivity contribution >= 4 is 41.7 Å². The number of nitrogens with zero attached hydrogens (tertiary/aromatic N) is 2. The van der Waals surface area contributed by atoms with E-state index in [0.717, 1.165) is 43.0 Å². The molecule has 1 aromatic carbocycles. The Balaban J connectivity index is 0.00000161. The molecule has 21 heavy (non-hydrogen) atoms. The summed E-state index contributed by atoms with van der Waals surface area (Å²) in [6, 6.07) is 7.31. The van der Waals surface area contributed by atoms with Crippen LogP contribution in [0.25, 0.3) is 0 Å². The van der Waals surface area contributed by atoms with Crippen molar-refractivity contribution in [2.45, 2.75) is 24.8 Å². The van der Waals surface area contributed by atoms with Crippen LogP contribution in [-0.4, -0.2) is 41.5 Å². The molecule has 0 bridgehead atoms. The fourth-order valence-corrected chi connectivity index (χ4v) is 3.72. The first kappa shape index (κ1) is 16.9. The van der Waals surface area contributed by atoms with E-state index in [1.165, 1.54) is 6.07 Å². The lowest BCUT2D eigenvalue weighted by atomic mass is 9.76. The number of rotatable bonds is 2. The molecular weight excluding hydrogens is 400 g/mol. The molecule has 1 heterocycles. The van der Waals surface area contributed by atoms with E-state index in [1.54, 1.807) is 6.07 Å². The SMILES string of the molecule is I.NC(=NC1CC(c2ccccc2F)C1)N1CCSCC1. The Kier molecular flexibility index (Phi) is 6.16. The van der Waals surface area contributed by atoms with Gasteiger partial charge in [0, 0.05) is 24.6 Å². The van der Waals surface area contributed by atoms with Crippen LogP contribution in [-0.2, 0) is 0 Å². The smallest absolute Gasteiger partial charge is 0.191 e. The molecule has 0 spiro atoms. The van der Waals surface area contributed by atoms with Crippen LogP contribution in [0, 0.1) is 5.82 Å². The highest BCUT2D eigenvalue weighted by molar-refractivity contribution is 14.0. The van der Waals surface area contributed by atoms with Crippen LogP contribution in [0.3, 0.4) is 0 Å². The van der Waals surface area contributed by atoms with Gasteiger partial charge in [0.05, 0.1) is 6.04 Å². The van der Waals surface area contributed by atoms with Gasteiger partial charge in [0.2, 0.25) is 0 Å². The highest BCUT2D eigenvalue weighted by Gasteiger charge is 2.32. The number of thioether (sulfide) groups is 1. The first-order chi connectivity index (χ1) is 9.74. The first-order valence-electron chi connectivity index (χ1n) is 7.14. The van der Waals surface area contributed by atoms with Gasteiger partial charge in [-0.2, -0.15) is 11.8 Å². The van der Waals surface area contributed by atoms with Crippen LogP contribution in [0.2, 0.25) is 0 Å². The minimum atomic E-state index is -0.0963. The molecule has 3 rings (SSSR count). The Labute approximate surface area is 146 Å². The van der Waals surface area contributed by atoms with Gasteiger partial charge in [0.1, 0.15) is 5.82 Å². The molecule has 1 saturated heterocycles. The zero-order valence-electron chi connectivity index (χ0n) is 11.9. The van der Waals surface area contributed by atoms with E-state index in [1.807, 2.05) is 23.9 Å². The number of aliphatic imine (C=N–C) groups is 1. The van der Waals surface area contributed by atoms with Crippen molar-refractivity contribution in [3.63, 3.8) is 0 Å². The molecule has 2 N–H and O–H groups in total. The van der Waals surface area contributed by atoms with Gasteiger partial charge >= 0.3 is 0 Å². The highest BCUT2D eigenvalue weighted by Crippen LogP contribution is 2.39. The van der Waals surface area contributed by atoms with Gasteiger partial charge in [0.25, 0.3) is 0 Å². The normalized spacial score (nSPS) is 26.0. The van der Waals surface area contributed by atoms with Gasteiger partial charge in [-0.1, -0.05) is 18.2 Å². The molecule has 2 fully saturated rings. The lowest BCUT2D eigenvalue weighted by Gasteiger charge is -2.35. The van der Waals surface area contributed by atoms with E-state index >= 15 is 0 Å². The topological polar surface area (TPSA) is 41.6 Å². The number of hydrogen-bond acceptors (Lipinski definition) is 2. The maximum atomic E-state index is 13.7. The molecule has 1 aromatic rings. The van der Waals surface area contributed by atoms with E-state index in [9.17, 15) is 4.39 Å². The first-order valence-corrected chi connectivity index (χ1v) is 8.30. The molecule has 2 aliphatic rings. The van der Waals surface area contributed by atoms with Gasteiger partial charge in [-0.25, -0.2) is 9.38 Å². The van der Waals surface area contributed by atoms with Crippen LogP contribution in [0.15, 0.2) is 29.3 Å².